The first-order valence-corrected chi connectivity index (χ1v) is 5.03. The molecule has 1 aliphatic carbocycles. The summed E-state index contributed by atoms with van der Waals surface area (Å²) in [6.07, 6.45) is 7.20. The molecule has 0 saturated carbocycles. The SMILES string of the molecule is C1=CC2=NC(c3ccccc3)=NC2=CC1. The van der Waals surface area contributed by atoms with Gasteiger partial charge in [-0.2, -0.15) is 0 Å². The minimum Gasteiger partial charge on any atom is -0.227 e. The molecule has 1 heterocycles. The fraction of sp³-hybridized carbons (Fsp3) is 0.0769. The molecule has 0 unspecified atom stereocenters. The van der Waals surface area contributed by atoms with Crippen LogP contribution in [0.3, 0.4) is 0 Å². The lowest BCUT2D eigenvalue weighted by molar-refractivity contribution is 1.31. The van der Waals surface area contributed by atoms with Crippen LogP contribution in [-0.4, -0.2) is 11.5 Å². The zero-order chi connectivity index (χ0) is 10.1. The third kappa shape index (κ3) is 1.44. The van der Waals surface area contributed by atoms with Crippen molar-refractivity contribution in [2.75, 3.05) is 0 Å². The third-order valence-corrected chi connectivity index (χ3v) is 2.47. The quantitative estimate of drug-likeness (QED) is 0.656. The molecule has 2 aliphatic rings. The highest BCUT2D eigenvalue weighted by Gasteiger charge is 2.16. The monoisotopic (exact) mass is 194 g/mol. The summed E-state index contributed by atoms with van der Waals surface area (Å²) in [4.78, 5) is 8.99. The van der Waals surface area contributed by atoms with Crippen LogP contribution >= 0.6 is 0 Å². The highest BCUT2D eigenvalue weighted by Crippen LogP contribution is 2.19. The molecule has 1 aliphatic heterocycles. The first kappa shape index (κ1) is 8.36. The Kier molecular flexibility index (Phi) is 1.85. The number of rotatable bonds is 1. The average molecular weight is 194 g/mol. The number of nitrogens with zero attached hydrogens (tertiary/aromatic N) is 2. The van der Waals surface area contributed by atoms with Crippen molar-refractivity contribution in [3.05, 3.63) is 59.8 Å². The molecule has 15 heavy (non-hydrogen) atoms. The molecule has 3 rings (SSSR count). The normalized spacial score (nSPS) is 18.0. The third-order valence-electron chi connectivity index (χ3n) is 2.47. The lowest BCUT2D eigenvalue weighted by Crippen LogP contribution is -1.96. The van der Waals surface area contributed by atoms with E-state index in [0.29, 0.717) is 0 Å². The number of allylic oxidation sites excluding steroid dienone is 3. The predicted octanol–water partition coefficient (Wildman–Crippen LogP) is 2.73. The maximum Gasteiger partial charge on any atom is 0.160 e. The van der Waals surface area contributed by atoms with E-state index in [4.69, 9.17) is 0 Å². The molecule has 0 fully saturated rings. The molecule has 72 valence electrons. The summed E-state index contributed by atoms with van der Waals surface area (Å²) in [5, 5.41) is 0. The van der Waals surface area contributed by atoms with Crippen LogP contribution in [0, 0.1) is 0 Å². The Bertz CT molecular complexity index is 505. The molecule has 0 spiro atoms. The van der Waals surface area contributed by atoms with Crippen molar-refractivity contribution in [2.45, 2.75) is 6.42 Å². The van der Waals surface area contributed by atoms with E-state index >= 15 is 0 Å². The summed E-state index contributed by atoms with van der Waals surface area (Å²) in [6.45, 7) is 0. The number of benzene rings is 1. The van der Waals surface area contributed by atoms with E-state index in [0.717, 1.165) is 29.2 Å². The summed E-state index contributed by atoms with van der Waals surface area (Å²) >= 11 is 0. The van der Waals surface area contributed by atoms with E-state index in [2.05, 4.69) is 22.1 Å². The fourth-order valence-electron chi connectivity index (χ4n) is 1.72. The van der Waals surface area contributed by atoms with Gasteiger partial charge in [0.15, 0.2) is 5.84 Å². The van der Waals surface area contributed by atoms with Gasteiger partial charge in [0.1, 0.15) is 0 Å². The van der Waals surface area contributed by atoms with Crippen molar-refractivity contribution >= 4 is 11.5 Å². The second-order valence-electron chi connectivity index (χ2n) is 3.53. The van der Waals surface area contributed by atoms with E-state index in [1.165, 1.54) is 0 Å². The molecule has 2 heteroatoms. The summed E-state index contributed by atoms with van der Waals surface area (Å²) in [5.74, 6) is 0.823. The van der Waals surface area contributed by atoms with Crippen LogP contribution < -0.4 is 0 Å². The molecule has 0 aromatic heterocycles. The molecular weight excluding hydrogens is 184 g/mol. The van der Waals surface area contributed by atoms with Crippen molar-refractivity contribution < 1.29 is 0 Å². The van der Waals surface area contributed by atoms with Crippen molar-refractivity contribution in [1.29, 1.82) is 0 Å². The number of hydrogen-bond acceptors (Lipinski definition) is 2. The zero-order valence-corrected chi connectivity index (χ0v) is 8.22. The maximum atomic E-state index is 4.50. The van der Waals surface area contributed by atoms with Gasteiger partial charge in [0.2, 0.25) is 0 Å². The van der Waals surface area contributed by atoms with Gasteiger partial charge < -0.3 is 0 Å². The number of hydrogen-bond donors (Lipinski definition) is 0. The summed E-state index contributed by atoms with van der Waals surface area (Å²) in [6, 6.07) is 10.1. The zero-order valence-electron chi connectivity index (χ0n) is 8.22. The first-order chi connectivity index (χ1) is 7.43. The molecule has 1 aromatic carbocycles. The van der Waals surface area contributed by atoms with Crippen LogP contribution in [-0.2, 0) is 0 Å². The summed E-state index contributed by atoms with van der Waals surface area (Å²) in [7, 11) is 0. The number of fused-ring (bicyclic) bond motifs is 1. The van der Waals surface area contributed by atoms with Gasteiger partial charge in [-0.3, -0.25) is 0 Å². The van der Waals surface area contributed by atoms with Gasteiger partial charge in [0.25, 0.3) is 0 Å². The van der Waals surface area contributed by atoms with E-state index in [1.54, 1.807) is 0 Å². The van der Waals surface area contributed by atoms with Gasteiger partial charge in [0.05, 0.1) is 11.4 Å². The molecule has 0 amide bonds. The van der Waals surface area contributed by atoms with Gasteiger partial charge in [-0.05, 0) is 12.5 Å². The van der Waals surface area contributed by atoms with Crippen molar-refractivity contribution in [3.8, 4) is 0 Å². The number of amidine groups is 1. The number of aliphatic imine (C=N–C) groups is 2. The second-order valence-corrected chi connectivity index (χ2v) is 3.53. The fourth-order valence-corrected chi connectivity index (χ4v) is 1.72. The van der Waals surface area contributed by atoms with Crippen molar-refractivity contribution in [1.82, 2.24) is 0 Å². The Morgan fingerprint density at radius 3 is 2.67 bits per heavy atom. The van der Waals surface area contributed by atoms with Crippen LogP contribution in [0.4, 0.5) is 0 Å². The lowest BCUT2D eigenvalue weighted by Gasteiger charge is -1.98. The molecule has 0 N–H and O–H groups in total. The topological polar surface area (TPSA) is 24.7 Å². The molecule has 0 atom stereocenters. The van der Waals surface area contributed by atoms with E-state index in [-0.39, 0.29) is 0 Å². The molecule has 0 saturated heterocycles. The summed E-state index contributed by atoms with van der Waals surface area (Å²) in [5.41, 5.74) is 3.07. The van der Waals surface area contributed by atoms with Crippen molar-refractivity contribution in [3.63, 3.8) is 0 Å². The van der Waals surface area contributed by atoms with Crippen LogP contribution in [0.2, 0.25) is 0 Å². The van der Waals surface area contributed by atoms with E-state index in [9.17, 15) is 0 Å². The Labute approximate surface area is 88.4 Å². The van der Waals surface area contributed by atoms with Gasteiger partial charge in [-0.15, -0.1) is 0 Å². The van der Waals surface area contributed by atoms with Gasteiger partial charge in [-0.25, -0.2) is 9.98 Å². The predicted molar refractivity (Wildman–Crippen MR) is 62.3 cm³/mol. The van der Waals surface area contributed by atoms with Crippen LogP contribution in [0.5, 0.6) is 0 Å². The Morgan fingerprint density at radius 2 is 1.87 bits per heavy atom. The van der Waals surface area contributed by atoms with Crippen LogP contribution in [0.15, 0.2) is 64.2 Å². The second kappa shape index (κ2) is 3.31. The standard InChI is InChI=1S/C13H10N2/c1-2-6-10(7-3-1)13-14-11-8-4-5-9-12(11)15-13/h1-4,6-9H,5H2. The van der Waals surface area contributed by atoms with Gasteiger partial charge in [-0.1, -0.05) is 42.5 Å². The highest BCUT2D eigenvalue weighted by molar-refractivity contribution is 6.22. The molecular formula is C13H10N2. The average Bonchev–Trinajstić information content (AvgIpc) is 2.74. The van der Waals surface area contributed by atoms with E-state index in [1.807, 2.05) is 36.4 Å². The molecule has 2 nitrogen and oxygen atoms in total. The van der Waals surface area contributed by atoms with Crippen LogP contribution in [0.1, 0.15) is 12.0 Å². The minimum atomic E-state index is 0.823. The highest BCUT2D eigenvalue weighted by atomic mass is 15.0. The maximum absolute atomic E-state index is 4.50. The first-order valence-electron chi connectivity index (χ1n) is 5.03. The Morgan fingerprint density at radius 1 is 1.00 bits per heavy atom. The van der Waals surface area contributed by atoms with Crippen molar-refractivity contribution in [2.24, 2.45) is 9.98 Å². The molecule has 1 aromatic rings. The Balaban J connectivity index is 2.04. The largest absolute Gasteiger partial charge is 0.227 e. The Hall–Kier alpha value is -1.96. The van der Waals surface area contributed by atoms with Crippen LogP contribution in [0.25, 0.3) is 0 Å². The van der Waals surface area contributed by atoms with Gasteiger partial charge in [0, 0.05) is 5.56 Å². The molecule has 0 radical (unpaired) electrons. The lowest BCUT2D eigenvalue weighted by atomic mass is 10.1. The minimum absolute atomic E-state index is 0.823. The molecule has 0 bridgehead atoms. The smallest absolute Gasteiger partial charge is 0.160 e. The van der Waals surface area contributed by atoms with Gasteiger partial charge >= 0.3 is 0 Å². The summed E-state index contributed by atoms with van der Waals surface area (Å²) < 4.78 is 0. The van der Waals surface area contributed by atoms with E-state index < -0.39 is 0 Å².